The van der Waals surface area contributed by atoms with Gasteiger partial charge in [0.05, 0.1) is 14.2 Å². The fourth-order valence-electron chi connectivity index (χ4n) is 2.67. The normalized spacial score (nSPS) is 10.2. The molecule has 0 radical (unpaired) electrons. The number of nitrogens with one attached hydrogen (secondary N) is 2. The fourth-order valence-corrected chi connectivity index (χ4v) is 2.67. The number of amides is 1. The molecule has 3 rings (SSSR count). The van der Waals surface area contributed by atoms with Crippen LogP contribution in [0.1, 0.15) is 15.9 Å². The van der Waals surface area contributed by atoms with Crippen molar-refractivity contribution < 1.29 is 18.7 Å². The number of hydrogen-bond acceptors (Lipinski definition) is 4. The summed E-state index contributed by atoms with van der Waals surface area (Å²) in [6.45, 7) is 0.613. The Hall–Kier alpha value is -3.54. The van der Waals surface area contributed by atoms with E-state index in [0.717, 1.165) is 11.3 Å². The first-order valence-corrected chi connectivity index (χ1v) is 8.71. The van der Waals surface area contributed by atoms with Gasteiger partial charge in [0.1, 0.15) is 5.82 Å². The zero-order chi connectivity index (χ0) is 19.9. The van der Waals surface area contributed by atoms with Gasteiger partial charge in [-0.15, -0.1) is 0 Å². The van der Waals surface area contributed by atoms with Crippen LogP contribution >= 0.6 is 0 Å². The molecule has 28 heavy (non-hydrogen) atoms. The largest absolute Gasteiger partial charge is 0.493 e. The van der Waals surface area contributed by atoms with Crippen LogP contribution in [-0.2, 0) is 6.54 Å². The number of benzene rings is 3. The fraction of sp³-hybridized carbons (Fsp3) is 0.136. The summed E-state index contributed by atoms with van der Waals surface area (Å²) in [5.74, 6) is 0.709. The van der Waals surface area contributed by atoms with E-state index in [4.69, 9.17) is 9.47 Å². The van der Waals surface area contributed by atoms with Crippen LogP contribution < -0.4 is 20.1 Å². The second-order valence-electron chi connectivity index (χ2n) is 6.08. The minimum absolute atomic E-state index is 0.286. The lowest BCUT2D eigenvalue weighted by Crippen LogP contribution is -2.11. The van der Waals surface area contributed by atoms with Crippen LogP contribution in [0.2, 0.25) is 0 Å². The molecule has 0 atom stereocenters. The molecule has 3 aromatic rings. The maximum Gasteiger partial charge on any atom is 0.255 e. The number of anilines is 2. The molecule has 1 amide bonds. The van der Waals surface area contributed by atoms with Crippen molar-refractivity contribution in [2.45, 2.75) is 6.54 Å². The van der Waals surface area contributed by atoms with Gasteiger partial charge in [0.15, 0.2) is 11.5 Å². The van der Waals surface area contributed by atoms with Crippen molar-refractivity contribution in [3.05, 3.63) is 83.7 Å². The molecule has 0 saturated heterocycles. The van der Waals surface area contributed by atoms with Gasteiger partial charge in [-0.1, -0.05) is 6.07 Å². The van der Waals surface area contributed by atoms with E-state index in [2.05, 4.69) is 10.6 Å². The SMILES string of the molecule is COc1ccc(CNc2ccc(NC(=O)c3ccc(F)cc3)cc2)cc1OC. The van der Waals surface area contributed by atoms with Crippen molar-refractivity contribution in [2.75, 3.05) is 24.9 Å². The van der Waals surface area contributed by atoms with Crippen molar-refractivity contribution in [2.24, 2.45) is 0 Å². The highest BCUT2D eigenvalue weighted by Crippen LogP contribution is 2.28. The van der Waals surface area contributed by atoms with Crippen molar-refractivity contribution in [3.63, 3.8) is 0 Å². The average Bonchev–Trinajstić information content (AvgIpc) is 2.73. The van der Waals surface area contributed by atoms with Crippen LogP contribution in [0.4, 0.5) is 15.8 Å². The summed E-state index contributed by atoms with van der Waals surface area (Å²) in [7, 11) is 3.21. The number of rotatable bonds is 7. The molecule has 0 fully saturated rings. The molecule has 0 bridgehead atoms. The summed E-state index contributed by atoms with van der Waals surface area (Å²) in [4.78, 5) is 12.2. The Balaban J connectivity index is 1.58. The predicted octanol–water partition coefficient (Wildman–Crippen LogP) is 4.71. The topological polar surface area (TPSA) is 59.6 Å². The predicted molar refractivity (Wildman–Crippen MR) is 108 cm³/mol. The maximum atomic E-state index is 12.9. The molecule has 144 valence electrons. The second-order valence-corrected chi connectivity index (χ2v) is 6.08. The molecule has 0 aliphatic carbocycles. The summed E-state index contributed by atoms with van der Waals surface area (Å²) < 4.78 is 23.5. The van der Waals surface area contributed by atoms with Gasteiger partial charge in [-0.25, -0.2) is 4.39 Å². The van der Waals surface area contributed by atoms with Crippen molar-refractivity contribution in [1.82, 2.24) is 0 Å². The number of hydrogen-bond donors (Lipinski definition) is 2. The van der Waals surface area contributed by atoms with Crippen LogP contribution in [0, 0.1) is 5.82 Å². The number of carbonyl (C=O) groups is 1. The van der Waals surface area contributed by atoms with Crippen LogP contribution in [0.5, 0.6) is 11.5 Å². The van der Waals surface area contributed by atoms with Crippen LogP contribution in [0.25, 0.3) is 0 Å². The van der Waals surface area contributed by atoms with E-state index in [-0.39, 0.29) is 11.7 Å². The lowest BCUT2D eigenvalue weighted by molar-refractivity contribution is 0.102. The highest BCUT2D eigenvalue weighted by Gasteiger charge is 2.07. The minimum Gasteiger partial charge on any atom is -0.493 e. The Morgan fingerprint density at radius 1 is 0.857 bits per heavy atom. The molecule has 0 spiro atoms. The Labute approximate surface area is 163 Å². The van der Waals surface area contributed by atoms with E-state index < -0.39 is 0 Å². The number of methoxy groups -OCH3 is 2. The van der Waals surface area contributed by atoms with E-state index in [1.54, 1.807) is 26.4 Å². The quantitative estimate of drug-likeness (QED) is 0.623. The average molecular weight is 380 g/mol. The summed E-state index contributed by atoms with van der Waals surface area (Å²) in [5, 5.41) is 6.10. The third-order valence-corrected chi connectivity index (χ3v) is 4.19. The molecule has 0 aromatic heterocycles. The Kier molecular flexibility index (Phi) is 6.11. The molecule has 3 aromatic carbocycles. The molecule has 6 heteroatoms. The first-order chi connectivity index (χ1) is 13.6. The van der Waals surface area contributed by atoms with Crippen molar-refractivity contribution in [3.8, 4) is 11.5 Å². The zero-order valence-corrected chi connectivity index (χ0v) is 15.7. The Morgan fingerprint density at radius 3 is 2.14 bits per heavy atom. The van der Waals surface area contributed by atoms with Crippen LogP contribution in [0.15, 0.2) is 66.7 Å². The molecule has 0 aliphatic heterocycles. The van der Waals surface area contributed by atoms with Crippen LogP contribution in [0.3, 0.4) is 0 Å². The van der Waals surface area contributed by atoms with Crippen molar-refractivity contribution >= 4 is 17.3 Å². The molecular weight excluding hydrogens is 359 g/mol. The molecule has 0 saturated carbocycles. The molecule has 0 aliphatic rings. The molecule has 0 unspecified atom stereocenters. The van der Waals surface area contributed by atoms with E-state index in [1.165, 1.54) is 24.3 Å². The first kappa shape index (κ1) is 19.2. The number of ether oxygens (including phenoxy) is 2. The monoisotopic (exact) mass is 380 g/mol. The summed E-state index contributed by atoms with van der Waals surface area (Å²) in [6, 6.07) is 18.5. The Bertz CT molecular complexity index is 941. The van der Waals surface area contributed by atoms with E-state index in [9.17, 15) is 9.18 Å². The van der Waals surface area contributed by atoms with Gasteiger partial charge in [0.25, 0.3) is 5.91 Å². The smallest absolute Gasteiger partial charge is 0.255 e. The van der Waals surface area contributed by atoms with E-state index in [0.29, 0.717) is 29.3 Å². The summed E-state index contributed by atoms with van der Waals surface area (Å²) >= 11 is 0. The maximum absolute atomic E-state index is 12.9. The number of halogens is 1. The van der Waals surface area contributed by atoms with Gasteiger partial charge >= 0.3 is 0 Å². The molecular formula is C22H21FN2O3. The third kappa shape index (κ3) is 4.79. The highest BCUT2D eigenvalue weighted by molar-refractivity contribution is 6.04. The van der Waals surface area contributed by atoms with Gasteiger partial charge in [-0.3, -0.25) is 4.79 Å². The standard InChI is InChI=1S/C22H21FN2O3/c1-27-20-12-3-15(13-21(20)28-2)14-24-18-8-10-19(11-9-18)25-22(26)16-4-6-17(23)7-5-16/h3-13,24H,14H2,1-2H3,(H,25,26). The second kappa shape index (κ2) is 8.90. The first-order valence-electron chi connectivity index (χ1n) is 8.71. The molecule has 2 N–H and O–H groups in total. The third-order valence-electron chi connectivity index (χ3n) is 4.19. The van der Waals surface area contributed by atoms with Gasteiger partial charge in [-0.2, -0.15) is 0 Å². The zero-order valence-electron chi connectivity index (χ0n) is 15.7. The van der Waals surface area contributed by atoms with Gasteiger partial charge in [0.2, 0.25) is 0 Å². The van der Waals surface area contributed by atoms with Gasteiger partial charge in [-0.05, 0) is 66.2 Å². The van der Waals surface area contributed by atoms with Crippen molar-refractivity contribution in [1.29, 1.82) is 0 Å². The summed E-state index contributed by atoms with van der Waals surface area (Å²) in [5.41, 5.74) is 3.02. The Morgan fingerprint density at radius 2 is 1.50 bits per heavy atom. The molecule has 0 heterocycles. The summed E-state index contributed by atoms with van der Waals surface area (Å²) in [6.07, 6.45) is 0. The van der Waals surface area contributed by atoms with Gasteiger partial charge < -0.3 is 20.1 Å². The number of carbonyl (C=O) groups excluding carboxylic acids is 1. The minimum atomic E-state index is -0.374. The van der Waals surface area contributed by atoms with E-state index in [1.807, 2.05) is 30.3 Å². The molecule has 5 nitrogen and oxygen atoms in total. The van der Waals surface area contributed by atoms with Crippen LogP contribution in [-0.4, -0.2) is 20.1 Å². The lowest BCUT2D eigenvalue weighted by Gasteiger charge is -2.11. The highest BCUT2D eigenvalue weighted by atomic mass is 19.1. The van der Waals surface area contributed by atoms with E-state index >= 15 is 0 Å². The lowest BCUT2D eigenvalue weighted by atomic mass is 10.2. The van der Waals surface area contributed by atoms with Gasteiger partial charge in [0, 0.05) is 23.5 Å².